The molecule has 1 aliphatic rings. The molecule has 0 bridgehead atoms. The van der Waals surface area contributed by atoms with Crippen molar-refractivity contribution in [2.75, 3.05) is 13.1 Å². The molecule has 0 radical (unpaired) electrons. The Labute approximate surface area is 175 Å². The molecule has 3 rings (SSSR count). The number of ether oxygens (including phenoxy) is 1. The van der Waals surface area contributed by atoms with Gasteiger partial charge >= 0.3 is 5.97 Å². The van der Waals surface area contributed by atoms with Gasteiger partial charge < -0.3 is 4.74 Å². The van der Waals surface area contributed by atoms with Crippen LogP contribution in [0.15, 0.2) is 53.4 Å². The van der Waals surface area contributed by atoms with E-state index in [1.54, 1.807) is 49.4 Å². The van der Waals surface area contributed by atoms with E-state index in [2.05, 4.69) is 0 Å². The number of esters is 1. The van der Waals surface area contributed by atoms with Gasteiger partial charge in [-0.05, 0) is 44.9 Å². The number of carbonyl (C=O) groups excluding carboxylic acids is 1. The molecule has 0 unspecified atom stereocenters. The molecule has 160 valence electrons. The number of para-hydroxylation sites is 1. The molecule has 0 N–H and O–H groups in total. The van der Waals surface area contributed by atoms with Crippen molar-refractivity contribution >= 4 is 21.7 Å². The summed E-state index contributed by atoms with van der Waals surface area (Å²) in [6, 6.07) is 12.7. The van der Waals surface area contributed by atoms with Crippen LogP contribution in [0.1, 0.15) is 37.0 Å². The second kappa shape index (κ2) is 8.93. The second-order valence-corrected chi connectivity index (χ2v) is 9.35. The summed E-state index contributed by atoms with van der Waals surface area (Å²) in [4.78, 5) is 23.6. The number of aryl methyl sites for hydroxylation is 1. The highest BCUT2D eigenvalue weighted by Crippen LogP contribution is 2.30. The Morgan fingerprint density at radius 3 is 2.53 bits per heavy atom. The maximum Gasteiger partial charge on any atom is 0.310 e. The second-order valence-electron chi connectivity index (χ2n) is 7.41. The summed E-state index contributed by atoms with van der Waals surface area (Å²) < 4.78 is 32.7. The smallest absolute Gasteiger partial charge is 0.310 e. The predicted molar refractivity (Wildman–Crippen MR) is 110 cm³/mol. The monoisotopic (exact) mass is 432 g/mol. The number of nitrogens with zero attached hydrogens (tertiary/aromatic N) is 2. The van der Waals surface area contributed by atoms with Gasteiger partial charge in [-0.1, -0.05) is 29.8 Å². The van der Waals surface area contributed by atoms with Gasteiger partial charge in [0, 0.05) is 19.2 Å². The lowest BCUT2D eigenvalue weighted by atomic mass is 9.99. The van der Waals surface area contributed by atoms with Gasteiger partial charge in [-0.25, -0.2) is 8.42 Å². The van der Waals surface area contributed by atoms with E-state index in [-0.39, 0.29) is 17.1 Å². The molecular formula is C21H24N2O6S. The van der Waals surface area contributed by atoms with Gasteiger partial charge in [0.2, 0.25) is 10.0 Å². The number of sulfonamides is 1. The number of nitro groups is 1. The van der Waals surface area contributed by atoms with E-state index in [0.29, 0.717) is 24.9 Å². The molecule has 9 heteroatoms. The van der Waals surface area contributed by atoms with Crippen molar-refractivity contribution in [1.82, 2.24) is 4.31 Å². The highest BCUT2D eigenvalue weighted by Gasteiger charge is 2.35. The summed E-state index contributed by atoms with van der Waals surface area (Å²) in [5.74, 6) is -1.17. The quantitative estimate of drug-likeness (QED) is 0.392. The molecule has 2 atom stereocenters. The molecule has 2 aromatic rings. The number of carbonyl (C=O) groups is 1. The maximum absolute atomic E-state index is 12.9. The number of benzene rings is 2. The van der Waals surface area contributed by atoms with Crippen LogP contribution in [0.2, 0.25) is 0 Å². The maximum atomic E-state index is 12.9. The van der Waals surface area contributed by atoms with E-state index in [1.807, 2.05) is 6.92 Å². The van der Waals surface area contributed by atoms with Gasteiger partial charge in [0.15, 0.2) is 0 Å². The van der Waals surface area contributed by atoms with Gasteiger partial charge in [0.25, 0.3) is 5.69 Å². The van der Waals surface area contributed by atoms with E-state index < -0.39 is 32.9 Å². The van der Waals surface area contributed by atoms with Crippen molar-refractivity contribution in [2.45, 2.75) is 37.7 Å². The van der Waals surface area contributed by atoms with Crippen LogP contribution >= 0.6 is 0 Å². The first-order chi connectivity index (χ1) is 14.2. The van der Waals surface area contributed by atoms with Gasteiger partial charge in [-0.2, -0.15) is 4.31 Å². The Kier molecular flexibility index (Phi) is 6.52. The fourth-order valence-electron chi connectivity index (χ4n) is 3.54. The summed E-state index contributed by atoms with van der Waals surface area (Å²) in [5, 5.41) is 11.2. The molecule has 1 aliphatic heterocycles. The standard InChI is InChI=1S/C21H24N2O6S/c1-15-9-11-18(12-10-15)30(27,28)22-13-5-6-17(14-22)21(24)29-16(2)19-7-3-4-8-20(19)23(25)26/h3-4,7-12,16-17H,5-6,13-14H2,1-2H3/t16-,17+/m1/s1. The van der Waals surface area contributed by atoms with Crippen LogP contribution in [0.25, 0.3) is 0 Å². The van der Waals surface area contributed by atoms with Crippen LogP contribution in [0.5, 0.6) is 0 Å². The topological polar surface area (TPSA) is 107 Å². The Balaban J connectivity index is 1.71. The first-order valence-electron chi connectivity index (χ1n) is 9.71. The van der Waals surface area contributed by atoms with Gasteiger partial charge in [-0.3, -0.25) is 14.9 Å². The Morgan fingerprint density at radius 1 is 1.20 bits per heavy atom. The third kappa shape index (κ3) is 4.68. The molecule has 1 fully saturated rings. The highest BCUT2D eigenvalue weighted by molar-refractivity contribution is 7.89. The zero-order valence-electron chi connectivity index (χ0n) is 16.9. The summed E-state index contributed by atoms with van der Waals surface area (Å²) in [5.41, 5.74) is 1.14. The molecule has 0 aromatic heterocycles. The molecule has 2 aromatic carbocycles. The highest BCUT2D eigenvalue weighted by atomic mass is 32.2. The summed E-state index contributed by atoms with van der Waals surface area (Å²) >= 11 is 0. The van der Waals surface area contributed by atoms with Crippen molar-refractivity contribution in [1.29, 1.82) is 0 Å². The minimum absolute atomic E-state index is 0.0264. The lowest BCUT2D eigenvalue weighted by molar-refractivity contribution is -0.386. The third-order valence-electron chi connectivity index (χ3n) is 5.24. The van der Waals surface area contributed by atoms with Crippen LogP contribution in [-0.2, 0) is 19.6 Å². The average Bonchev–Trinajstić information content (AvgIpc) is 2.74. The van der Waals surface area contributed by atoms with Crippen LogP contribution < -0.4 is 0 Å². The fraction of sp³-hybridized carbons (Fsp3) is 0.381. The molecule has 0 spiro atoms. The molecule has 0 saturated carbocycles. The third-order valence-corrected chi connectivity index (χ3v) is 7.12. The summed E-state index contributed by atoms with van der Waals surface area (Å²) in [6.45, 7) is 3.81. The van der Waals surface area contributed by atoms with E-state index >= 15 is 0 Å². The van der Waals surface area contributed by atoms with Crippen molar-refractivity contribution in [3.8, 4) is 0 Å². The first kappa shape index (κ1) is 21.9. The van der Waals surface area contributed by atoms with E-state index in [0.717, 1.165) is 5.56 Å². The van der Waals surface area contributed by atoms with Crippen molar-refractivity contribution in [2.24, 2.45) is 5.92 Å². The van der Waals surface area contributed by atoms with Crippen LogP contribution in [0.3, 0.4) is 0 Å². The minimum Gasteiger partial charge on any atom is -0.457 e. The fourth-order valence-corrected chi connectivity index (χ4v) is 5.07. The van der Waals surface area contributed by atoms with Crippen molar-refractivity contribution < 1.29 is 22.9 Å². The first-order valence-corrected chi connectivity index (χ1v) is 11.1. The molecule has 0 amide bonds. The zero-order valence-corrected chi connectivity index (χ0v) is 17.7. The van der Waals surface area contributed by atoms with Crippen LogP contribution in [-0.4, -0.2) is 36.7 Å². The number of piperidine rings is 1. The molecular weight excluding hydrogens is 408 g/mol. The lowest BCUT2D eigenvalue weighted by Crippen LogP contribution is -2.42. The molecule has 8 nitrogen and oxygen atoms in total. The number of hydrogen-bond donors (Lipinski definition) is 0. The van der Waals surface area contributed by atoms with Crippen molar-refractivity contribution in [3.05, 3.63) is 69.8 Å². The molecule has 1 heterocycles. The number of hydrogen-bond acceptors (Lipinski definition) is 6. The van der Waals surface area contributed by atoms with Gasteiger partial charge in [-0.15, -0.1) is 0 Å². The van der Waals surface area contributed by atoms with Gasteiger partial charge in [0.1, 0.15) is 6.10 Å². The molecule has 1 saturated heterocycles. The Hall–Kier alpha value is -2.78. The summed E-state index contributed by atoms with van der Waals surface area (Å²) in [7, 11) is -3.71. The van der Waals surface area contributed by atoms with Gasteiger partial charge in [0.05, 0.1) is 21.3 Å². The van der Waals surface area contributed by atoms with Crippen molar-refractivity contribution in [3.63, 3.8) is 0 Å². The lowest BCUT2D eigenvalue weighted by Gasteiger charge is -2.31. The Bertz CT molecular complexity index is 1040. The van der Waals surface area contributed by atoms with E-state index in [9.17, 15) is 23.3 Å². The predicted octanol–water partition coefficient (Wildman–Crippen LogP) is 3.61. The minimum atomic E-state index is -3.71. The summed E-state index contributed by atoms with van der Waals surface area (Å²) in [6.07, 6.45) is 0.218. The SMILES string of the molecule is Cc1ccc(S(=O)(=O)N2CCC[C@H](C(=O)O[C@H](C)c3ccccc3[N+](=O)[O-])C2)cc1. The van der Waals surface area contributed by atoms with E-state index in [4.69, 9.17) is 4.74 Å². The largest absolute Gasteiger partial charge is 0.457 e. The molecule has 0 aliphatic carbocycles. The molecule has 30 heavy (non-hydrogen) atoms. The Morgan fingerprint density at radius 2 is 1.87 bits per heavy atom. The van der Waals surface area contributed by atoms with Crippen LogP contribution in [0.4, 0.5) is 5.69 Å². The normalized spacial score (nSPS) is 18.5. The average molecular weight is 432 g/mol. The number of nitro benzene ring substituents is 1. The number of rotatable bonds is 6. The zero-order chi connectivity index (χ0) is 21.9. The van der Waals surface area contributed by atoms with Crippen LogP contribution in [0, 0.1) is 23.0 Å². The van der Waals surface area contributed by atoms with E-state index in [1.165, 1.54) is 10.4 Å².